The fourth-order valence-corrected chi connectivity index (χ4v) is 6.48. The van der Waals surface area contributed by atoms with Gasteiger partial charge in [-0.3, -0.25) is 9.59 Å². The number of hydrogen-bond donors (Lipinski definition) is 2. The molecule has 0 aromatic carbocycles. The summed E-state index contributed by atoms with van der Waals surface area (Å²) < 4.78 is 0. The number of carbonyl (C=O) groups is 2. The molecule has 1 aliphatic carbocycles. The third kappa shape index (κ3) is 9.90. The minimum Gasteiger partial charge on any atom is -0.481 e. The Balaban J connectivity index is 2.26. The van der Waals surface area contributed by atoms with E-state index in [0.717, 1.165) is 32.1 Å². The first-order valence-corrected chi connectivity index (χ1v) is 14.8. The number of rotatable bonds is 21. The van der Waals surface area contributed by atoms with E-state index >= 15 is 0 Å². The molecule has 2 unspecified atom stereocenters. The fraction of sp³-hybridized carbons (Fsp3) is 0.933. The lowest BCUT2D eigenvalue weighted by molar-refractivity contribution is -0.183. The maximum Gasteiger partial charge on any atom is 0.310 e. The predicted octanol–water partition coefficient (Wildman–Crippen LogP) is 9.40. The first-order valence-electron chi connectivity index (χ1n) is 14.8. The molecule has 0 aromatic heterocycles. The number of aliphatic carboxylic acids is 2. The molecule has 0 aliphatic heterocycles. The summed E-state index contributed by atoms with van der Waals surface area (Å²) in [7, 11) is 0. The second-order valence-electron chi connectivity index (χ2n) is 11.6. The van der Waals surface area contributed by atoms with Crippen LogP contribution in [0.3, 0.4) is 0 Å². The molecule has 1 saturated carbocycles. The molecule has 4 heteroatoms. The first-order chi connectivity index (χ1) is 16.3. The minimum absolute atomic E-state index is 0.179. The molecule has 0 spiro atoms. The van der Waals surface area contributed by atoms with Crippen LogP contribution in [0.15, 0.2) is 0 Å². The smallest absolute Gasteiger partial charge is 0.310 e. The van der Waals surface area contributed by atoms with Gasteiger partial charge in [0.1, 0.15) is 0 Å². The van der Waals surface area contributed by atoms with E-state index in [1.54, 1.807) is 0 Å². The van der Waals surface area contributed by atoms with Gasteiger partial charge in [0.05, 0.1) is 10.8 Å². The summed E-state index contributed by atoms with van der Waals surface area (Å²) in [6.45, 7) is 6.30. The Labute approximate surface area is 210 Å². The van der Waals surface area contributed by atoms with E-state index < -0.39 is 22.8 Å². The highest BCUT2D eigenvalue weighted by molar-refractivity contribution is 5.87. The summed E-state index contributed by atoms with van der Waals surface area (Å²) in [5, 5.41) is 20.4. The second-order valence-corrected chi connectivity index (χ2v) is 11.6. The van der Waals surface area contributed by atoms with E-state index in [4.69, 9.17) is 0 Å². The van der Waals surface area contributed by atoms with Crippen LogP contribution < -0.4 is 0 Å². The lowest BCUT2D eigenvalue weighted by Crippen LogP contribution is -2.55. The summed E-state index contributed by atoms with van der Waals surface area (Å²) in [5.74, 6) is -1.59. The monoisotopic (exact) mass is 480 g/mol. The zero-order valence-electron chi connectivity index (χ0n) is 22.8. The maximum atomic E-state index is 12.5. The van der Waals surface area contributed by atoms with Crippen molar-refractivity contribution < 1.29 is 19.8 Å². The molecule has 0 heterocycles. The Bertz CT molecular complexity index is 558. The molecule has 0 saturated heterocycles. The van der Waals surface area contributed by atoms with Crippen LogP contribution in [-0.4, -0.2) is 22.2 Å². The van der Waals surface area contributed by atoms with E-state index in [2.05, 4.69) is 6.92 Å². The molecule has 0 aromatic rings. The minimum atomic E-state index is -1.11. The third-order valence-corrected chi connectivity index (χ3v) is 8.41. The Morgan fingerprint density at radius 1 is 0.618 bits per heavy atom. The van der Waals surface area contributed by atoms with E-state index in [9.17, 15) is 19.8 Å². The molecule has 2 atom stereocenters. The normalized spacial score (nSPS) is 22.8. The molecule has 200 valence electrons. The topological polar surface area (TPSA) is 74.6 Å². The third-order valence-electron chi connectivity index (χ3n) is 8.41. The van der Waals surface area contributed by atoms with Crippen LogP contribution in [-0.2, 0) is 9.59 Å². The van der Waals surface area contributed by atoms with Crippen molar-refractivity contribution in [3.05, 3.63) is 0 Å². The van der Waals surface area contributed by atoms with Crippen molar-refractivity contribution in [2.24, 2.45) is 16.7 Å². The molecule has 1 fully saturated rings. The molecule has 34 heavy (non-hydrogen) atoms. The Kier molecular flexibility index (Phi) is 15.8. The molecule has 1 rings (SSSR count). The van der Waals surface area contributed by atoms with Gasteiger partial charge < -0.3 is 10.2 Å². The van der Waals surface area contributed by atoms with Gasteiger partial charge >= 0.3 is 11.9 Å². The second kappa shape index (κ2) is 17.4. The van der Waals surface area contributed by atoms with E-state index in [-0.39, 0.29) is 5.92 Å². The molecule has 1 aliphatic rings. The average Bonchev–Trinajstić information content (AvgIpc) is 2.79. The highest BCUT2D eigenvalue weighted by Gasteiger charge is 2.61. The Hall–Kier alpha value is -1.06. The van der Waals surface area contributed by atoms with Gasteiger partial charge in [0.15, 0.2) is 0 Å². The number of carboxylic acids is 2. The highest BCUT2D eigenvalue weighted by atomic mass is 16.4. The van der Waals surface area contributed by atoms with Crippen molar-refractivity contribution in [1.29, 1.82) is 0 Å². The Morgan fingerprint density at radius 3 is 1.32 bits per heavy atom. The van der Waals surface area contributed by atoms with Gasteiger partial charge in [-0.25, -0.2) is 0 Å². The van der Waals surface area contributed by atoms with Gasteiger partial charge in [0.2, 0.25) is 0 Å². The van der Waals surface area contributed by atoms with Gasteiger partial charge in [-0.05, 0) is 31.6 Å². The van der Waals surface area contributed by atoms with Crippen LogP contribution in [0.2, 0.25) is 0 Å². The first kappa shape index (κ1) is 31.0. The van der Waals surface area contributed by atoms with Gasteiger partial charge in [-0.2, -0.15) is 0 Å². The largest absolute Gasteiger partial charge is 0.481 e. The van der Waals surface area contributed by atoms with Crippen molar-refractivity contribution in [2.45, 2.75) is 162 Å². The number of carboxylic acid groups (broad SMARTS) is 2. The van der Waals surface area contributed by atoms with E-state index in [1.807, 2.05) is 13.8 Å². The SMILES string of the molecule is CCCCCCCCCCCCCCCCCCC1(C(=O)O)CCCCC1(CC(C)C)C(=O)O. The summed E-state index contributed by atoms with van der Waals surface area (Å²) in [6.07, 6.45) is 24.3. The van der Waals surface area contributed by atoms with Crippen LogP contribution >= 0.6 is 0 Å². The summed E-state index contributed by atoms with van der Waals surface area (Å²) in [5.41, 5.74) is -2.21. The molecule has 2 N–H and O–H groups in total. The lowest BCUT2D eigenvalue weighted by atomic mass is 9.51. The lowest BCUT2D eigenvalue weighted by Gasteiger charge is -2.49. The van der Waals surface area contributed by atoms with Crippen LogP contribution in [0.5, 0.6) is 0 Å². The zero-order chi connectivity index (χ0) is 25.3. The van der Waals surface area contributed by atoms with Crippen LogP contribution in [0.4, 0.5) is 0 Å². The standard InChI is InChI=1S/C30H56O4/c1-4-5-6-7-8-9-10-11-12-13-14-15-16-17-18-19-22-29(27(31)32)23-20-21-24-30(29,28(33)34)25-26(2)3/h26H,4-25H2,1-3H3,(H,31,32)(H,33,34). The number of unbranched alkanes of at least 4 members (excludes halogenated alkanes) is 15. The quantitative estimate of drug-likeness (QED) is 0.160. The van der Waals surface area contributed by atoms with E-state index in [0.29, 0.717) is 25.7 Å². The van der Waals surface area contributed by atoms with Crippen LogP contribution in [0, 0.1) is 16.7 Å². The molecular weight excluding hydrogens is 424 g/mol. The van der Waals surface area contributed by atoms with Crippen LogP contribution in [0.1, 0.15) is 162 Å². The van der Waals surface area contributed by atoms with Gasteiger partial charge in [0.25, 0.3) is 0 Å². The molecule has 0 radical (unpaired) electrons. The fourth-order valence-electron chi connectivity index (χ4n) is 6.48. The van der Waals surface area contributed by atoms with Crippen molar-refractivity contribution in [2.75, 3.05) is 0 Å². The van der Waals surface area contributed by atoms with Gasteiger partial charge in [-0.1, -0.05) is 136 Å². The molecule has 0 bridgehead atoms. The van der Waals surface area contributed by atoms with Crippen molar-refractivity contribution >= 4 is 11.9 Å². The predicted molar refractivity (Wildman–Crippen MR) is 142 cm³/mol. The van der Waals surface area contributed by atoms with Crippen LogP contribution in [0.25, 0.3) is 0 Å². The van der Waals surface area contributed by atoms with E-state index in [1.165, 1.54) is 83.5 Å². The Morgan fingerprint density at radius 2 is 0.971 bits per heavy atom. The summed E-state index contributed by atoms with van der Waals surface area (Å²) in [4.78, 5) is 24.9. The zero-order valence-corrected chi connectivity index (χ0v) is 22.8. The highest BCUT2D eigenvalue weighted by Crippen LogP contribution is 2.57. The molecule has 0 amide bonds. The van der Waals surface area contributed by atoms with Gasteiger partial charge in [-0.15, -0.1) is 0 Å². The van der Waals surface area contributed by atoms with Gasteiger partial charge in [0, 0.05) is 0 Å². The summed E-state index contributed by atoms with van der Waals surface area (Å²) >= 11 is 0. The number of hydrogen-bond acceptors (Lipinski definition) is 2. The van der Waals surface area contributed by atoms with Crippen molar-refractivity contribution in [3.8, 4) is 0 Å². The average molecular weight is 481 g/mol. The summed E-state index contributed by atoms with van der Waals surface area (Å²) in [6, 6.07) is 0. The van der Waals surface area contributed by atoms with Crippen molar-refractivity contribution in [3.63, 3.8) is 0 Å². The maximum absolute atomic E-state index is 12.5. The molecule has 4 nitrogen and oxygen atoms in total. The molecular formula is C30H56O4. The van der Waals surface area contributed by atoms with Crippen molar-refractivity contribution in [1.82, 2.24) is 0 Å².